The number of hydrogen-bond acceptors (Lipinski definition) is 5. The van der Waals surface area contributed by atoms with Crippen LogP contribution in [-0.2, 0) is 11.4 Å². The number of nitro benzene ring substituents is 1. The fraction of sp³-hybridized carbons (Fsp3) is 0.0370. The minimum absolute atomic E-state index is 0.0612. The van der Waals surface area contributed by atoms with Crippen LogP contribution in [0.15, 0.2) is 88.9 Å². The zero-order valence-corrected chi connectivity index (χ0v) is 20.9. The number of hydrogen-bond donors (Lipinski definition) is 1. The molecule has 1 N–H and O–H groups in total. The van der Waals surface area contributed by atoms with Crippen LogP contribution in [0.4, 0.5) is 11.4 Å². The predicted molar refractivity (Wildman–Crippen MR) is 143 cm³/mol. The largest absolute Gasteiger partial charge is 0.488 e. The number of benzene rings is 4. The average molecular weight is 563 g/mol. The lowest BCUT2D eigenvalue weighted by molar-refractivity contribution is -0.383. The first-order chi connectivity index (χ1) is 17.4. The summed E-state index contributed by atoms with van der Waals surface area (Å²) in [6.07, 6.45) is 1.39. The van der Waals surface area contributed by atoms with Crippen LogP contribution in [-0.4, -0.2) is 10.8 Å². The Bertz CT molecular complexity index is 1560. The van der Waals surface area contributed by atoms with Gasteiger partial charge in [-0.05, 0) is 68.2 Å². The van der Waals surface area contributed by atoms with Crippen LogP contribution in [0.25, 0.3) is 16.8 Å². The Balaban J connectivity index is 1.50. The van der Waals surface area contributed by atoms with E-state index in [0.29, 0.717) is 22.4 Å². The maximum atomic E-state index is 12.6. The number of fused-ring (bicyclic) bond motifs is 1. The molecule has 0 spiro atoms. The fourth-order valence-corrected chi connectivity index (χ4v) is 4.24. The average Bonchev–Trinajstić information content (AvgIpc) is 2.87. The molecule has 1 amide bonds. The molecule has 0 atom stereocenters. The van der Waals surface area contributed by atoms with Crippen molar-refractivity contribution in [2.24, 2.45) is 0 Å². The first-order valence-electron chi connectivity index (χ1n) is 10.6. The summed E-state index contributed by atoms with van der Waals surface area (Å²) in [6.45, 7) is 0.362. The van der Waals surface area contributed by atoms with Gasteiger partial charge >= 0.3 is 0 Å². The molecule has 0 aliphatic heterocycles. The number of nitrogens with zero attached hydrogens (tertiary/aromatic N) is 2. The van der Waals surface area contributed by atoms with Gasteiger partial charge in [-0.2, -0.15) is 5.26 Å². The second-order valence-electron chi connectivity index (χ2n) is 7.66. The van der Waals surface area contributed by atoms with E-state index < -0.39 is 10.8 Å². The summed E-state index contributed by atoms with van der Waals surface area (Å²) in [5.41, 5.74) is 0.952. The highest BCUT2D eigenvalue weighted by atomic mass is 79.9. The molecule has 178 valence electrons. The number of ether oxygens (including phenoxy) is 1. The molecule has 0 aromatic heterocycles. The van der Waals surface area contributed by atoms with Crippen molar-refractivity contribution in [2.75, 3.05) is 5.32 Å². The van der Waals surface area contributed by atoms with Crippen molar-refractivity contribution >= 4 is 61.7 Å². The van der Waals surface area contributed by atoms with Crippen LogP contribution in [0.1, 0.15) is 11.1 Å². The van der Waals surface area contributed by atoms with Crippen molar-refractivity contribution in [1.29, 1.82) is 5.26 Å². The van der Waals surface area contributed by atoms with Crippen LogP contribution >= 0.6 is 27.5 Å². The van der Waals surface area contributed by atoms with E-state index in [0.717, 1.165) is 22.4 Å². The van der Waals surface area contributed by atoms with Gasteiger partial charge in [-0.15, -0.1) is 0 Å². The van der Waals surface area contributed by atoms with Crippen LogP contribution in [0, 0.1) is 21.4 Å². The molecule has 4 aromatic rings. The molecule has 0 radical (unpaired) electrons. The topological polar surface area (TPSA) is 105 Å². The molecule has 36 heavy (non-hydrogen) atoms. The van der Waals surface area contributed by atoms with E-state index in [1.54, 1.807) is 18.2 Å². The Morgan fingerprint density at radius 3 is 2.64 bits per heavy atom. The zero-order chi connectivity index (χ0) is 25.7. The van der Waals surface area contributed by atoms with Crippen LogP contribution in [0.3, 0.4) is 0 Å². The number of anilines is 1. The molecule has 0 heterocycles. The molecule has 0 aliphatic carbocycles. The molecule has 4 rings (SSSR count). The number of carbonyl (C=O) groups is 1. The summed E-state index contributed by atoms with van der Waals surface area (Å²) in [4.78, 5) is 23.2. The van der Waals surface area contributed by atoms with Gasteiger partial charge in [-0.1, -0.05) is 60.1 Å². The Labute approximate surface area is 219 Å². The molecule has 4 aromatic carbocycles. The molecule has 9 heteroatoms. The first-order valence-corrected chi connectivity index (χ1v) is 11.8. The van der Waals surface area contributed by atoms with Gasteiger partial charge in [0.15, 0.2) is 0 Å². The Morgan fingerprint density at radius 2 is 1.89 bits per heavy atom. The number of amides is 1. The molecule has 0 fully saturated rings. The number of rotatable bonds is 7. The maximum Gasteiger partial charge on any atom is 0.294 e. The Hall–Kier alpha value is -4.19. The van der Waals surface area contributed by atoms with Gasteiger partial charge in [0.25, 0.3) is 11.6 Å². The Kier molecular flexibility index (Phi) is 7.64. The minimum Gasteiger partial charge on any atom is -0.488 e. The molecule has 0 unspecified atom stereocenters. The lowest BCUT2D eigenvalue weighted by atomic mass is 10.1. The maximum absolute atomic E-state index is 12.6. The third-order valence-corrected chi connectivity index (χ3v) is 6.15. The van der Waals surface area contributed by atoms with Gasteiger partial charge in [-0.25, -0.2) is 0 Å². The predicted octanol–water partition coefficient (Wildman–Crippen LogP) is 7.29. The monoisotopic (exact) mass is 561 g/mol. The molecule has 0 bridgehead atoms. The summed E-state index contributed by atoms with van der Waals surface area (Å²) in [5.74, 6) is -0.185. The summed E-state index contributed by atoms with van der Waals surface area (Å²) in [7, 11) is 0. The quantitative estimate of drug-likeness (QED) is 0.110. The molecule has 0 aliphatic rings. The number of carbonyl (C=O) groups excluding carboxylic acids is 1. The highest BCUT2D eigenvalue weighted by Crippen LogP contribution is 2.30. The molecule has 7 nitrogen and oxygen atoms in total. The van der Waals surface area contributed by atoms with Crippen molar-refractivity contribution in [3.05, 3.63) is 115 Å². The van der Waals surface area contributed by atoms with Crippen LogP contribution in [0.5, 0.6) is 5.75 Å². The molecule has 0 saturated heterocycles. The number of nitrogens with one attached hydrogen (secondary N) is 1. The number of nitro groups is 1. The van der Waals surface area contributed by atoms with Gasteiger partial charge in [0.2, 0.25) is 0 Å². The van der Waals surface area contributed by atoms with E-state index >= 15 is 0 Å². The van der Waals surface area contributed by atoms with E-state index in [1.165, 1.54) is 18.2 Å². The minimum atomic E-state index is -0.782. The van der Waals surface area contributed by atoms with Crippen LogP contribution in [0.2, 0.25) is 5.02 Å². The lowest BCUT2D eigenvalue weighted by Gasteiger charge is -2.11. The zero-order valence-electron chi connectivity index (χ0n) is 18.6. The van der Waals surface area contributed by atoms with Crippen molar-refractivity contribution in [3.8, 4) is 11.8 Å². The summed E-state index contributed by atoms with van der Waals surface area (Å²) in [6, 6.07) is 24.9. The SMILES string of the molecule is N#C/C(=C/c1ccc(OCc2cccc3ccccc23)c(Br)c1)C(=O)Nc1ccc(Cl)cc1[N+](=O)[O-]. The third-order valence-electron chi connectivity index (χ3n) is 5.30. The second-order valence-corrected chi connectivity index (χ2v) is 8.95. The summed E-state index contributed by atoms with van der Waals surface area (Å²) >= 11 is 9.29. The van der Waals surface area contributed by atoms with Gasteiger partial charge in [0.05, 0.1) is 9.40 Å². The van der Waals surface area contributed by atoms with E-state index in [4.69, 9.17) is 16.3 Å². The summed E-state index contributed by atoms with van der Waals surface area (Å²) in [5, 5.41) is 25.6. The van der Waals surface area contributed by atoms with Crippen molar-refractivity contribution in [3.63, 3.8) is 0 Å². The number of halogens is 2. The van der Waals surface area contributed by atoms with Crippen molar-refractivity contribution in [1.82, 2.24) is 0 Å². The van der Waals surface area contributed by atoms with E-state index in [9.17, 15) is 20.2 Å². The normalized spacial score (nSPS) is 11.1. The third kappa shape index (κ3) is 5.71. The van der Waals surface area contributed by atoms with Gasteiger partial charge in [0, 0.05) is 11.1 Å². The molecular weight excluding hydrogens is 546 g/mol. The van der Waals surface area contributed by atoms with Gasteiger partial charge in [0.1, 0.15) is 29.7 Å². The van der Waals surface area contributed by atoms with Gasteiger partial charge < -0.3 is 10.1 Å². The second kappa shape index (κ2) is 11.0. The smallest absolute Gasteiger partial charge is 0.294 e. The summed E-state index contributed by atoms with van der Waals surface area (Å²) < 4.78 is 6.64. The lowest BCUT2D eigenvalue weighted by Crippen LogP contribution is -2.14. The molecular formula is C27H17BrClN3O4. The van der Waals surface area contributed by atoms with Crippen molar-refractivity contribution < 1.29 is 14.5 Å². The fourth-order valence-electron chi connectivity index (χ4n) is 3.56. The Morgan fingerprint density at radius 1 is 1.11 bits per heavy atom. The van der Waals surface area contributed by atoms with Crippen molar-refractivity contribution in [2.45, 2.75) is 6.61 Å². The van der Waals surface area contributed by atoms with E-state index in [2.05, 4.69) is 21.2 Å². The highest BCUT2D eigenvalue weighted by molar-refractivity contribution is 9.10. The van der Waals surface area contributed by atoms with E-state index in [1.807, 2.05) is 48.5 Å². The van der Waals surface area contributed by atoms with Gasteiger partial charge in [-0.3, -0.25) is 14.9 Å². The first kappa shape index (κ1) is 24.9. The van der Waals surface area contributed by atoms with Crippen LogP contribution < -0.4 is 10.1 Å². The number of nitriles is 1. The van der Waals surface area contributed by atoms with E-state index in [-0.39, 0.29) is 22.0 Å². The molecule has 0 saturated carbocycles. The standard InChI is InChI=1S/C27H17BrClN3O4/c28-23-13-17(8-11-26(23)36-16-19-6-3-5-18-4-1-2-7-22(18)19)12-20(15-30)27(33)31-24-10-9-21(29)14-25(24)32(34)35/h1-14H,16H2,(H,31,33)/b20-12-. The highest BCUT2D eigenvalue weighted by Gasteiger charge is 2.18.